The molecule has 0 saturated carbocycles. The Balaban J connectivity index is 0.000000845. The highest BCUT2D eigenvalue weighted by atomic mass is 35.5. The maximum Gasteiger partial charge on any atom is 0.142 e. The molecule has 1 aromatic heterocycles. The van der Waals surface area contributed by atoms with Crippen molar-refractivity contribution >= 4 is 12.4 Å². The summed E-state index contributed by atoms with van der Waals surface area (Å²) in [4.78, 5) is 0. The van der Waals surface area contributed by atoms with Crippen LogP contribution in [0.2, 0.25) is 0 Å². The number of rotatable bonds is 1. The minimum Gasteiger partial charge on any atom is -0.361 e. The first-order valence-electron chi connectivity index (χ1n) is 4.50. The van der Waals surface area contributed by atoms with Gasteiger partial charge in [0.2, 0.25) is 0 Å². The van der Waals surface area contributed by atoms with E-state index >= 15 is 0 Å². The first-order valence-corrected chi connectivity index (χ1v) is 4.50. The smallest absolute Gasteiger partial charge is 0.142 e. The molecule has 1 N–H and O–H groups in total. The Morgan fingerprint density at radius 1 is 1.46 bits per heavy atom. The lowest BCUT2D eigenvalue weighted by molar-refractivity contribution is 0.326. The van der Waals surface area contributed by atoms with E-state index in [0.29, 0.717) is 5.92 Å². The zero-order valence-corrected chi connectivity index (χ0v) is 8.56. The maximum absolute atomic E-state index is 5.23. The Labute approximate surface area is 84.3 Å². The second-order valence-corrected chi connectivity index (χ2v) is 3.40. The van der Waals surface area contributed by atoms with Gasteiger partial charge in [0.1, 0.15) is 5.76 Å². The van der Waals surface area contributed by atoms with Gasteiger partial charge in [0.25, 0.3) is 0 Å². The van der Waals surface area contributed by atoms with Crippen LogP contribution in [-0.2, 0) is 0 Å². The summed E-state index contributed by atoms with van der Waals surface area (Å²) >= 11 is 0. The van der Waals surface area contributed by atoms with E-state index in [1.165, 1.54) is 18.4 Å². The van der Waals surface area contributed by atoms with Gasteiger partial charge in [0, 0.05) is 11.5 Å². The van der Waals surface area contributed by atoms with Crippen LogP contribution in [-0.4, -0.2) is 18.2 Å². The number of piperidine rings is 1. The maximum atomic E-state index is 5.23. The molecular formula is C9H15ClN2O. The summed E-state index contributed by atoms with van der Waals surface area (Å²) in [6.07, 6.45) is 4.16. The van der Waals surface area contributed by atoms with Crippen molar-refractivity contribution in [1.82, 2.24) is 10.5 Å². The minimum atomic E-state index is 0. The predicted molar refractivity (Wildman–Crippen MR) is 53.3 cm³/mol. The fraction of sp³-hybridized carbons (Fsp3) is 0.667. The molecule has 1 saturated heterocycles. The Morgan fingerprint density at radius 3 is 2.69 bits per heavy atom. The molecule has 0 aromatic carbocycles. The molecule has 0 bridgehead atoms. The van der Waals surface area contributed by atoms with E-state index in [-0.39, 0.29) is 12.4 Å². The first-order chi connectivity index (χ1) is 5.88. The molecule has 1 aliphatic heterocycles. The van der Waals surface area contributed by atoms with Crippen LogP contribution in [0.5, 0.6) is 0 Å². The first kappa shape index (κ1) is 10.5. The van der Waals surface area contributed by atoms with E-state index in [1.807, 2.05) is 0 Å². The number of nitrogens with zero attached hydrogens (tertiary/aromatic N) is 1. The van der Waals surface area contributed by atoms with Crippen LogP contribution in [0.4, 0.5) is 0 Å². The van der Waals surface area contributed by atoms with Gasteiger partial charge in [-0.05, 0) is 32.9 Å². The number of halogens is 1. The monoisotopic (exact) mass is 202 g/mol. The Morgan fingerprint density at radius 2 is 2.15 bits per heavy atom. The van der Waals surface area contributed by atoms with Crippen LogP contribution in [0, 0.1) is 6.92 Å². The van der Waals surface area contributed by atoms with Crippen molar-refractivity contribution < 1.29 is 4.52 Å². The number of hydrogen-bond acceptors (Lipinski definition) is 3. The van der Waals surface area contributed by atoms with Crippen LogP contribution >= 0.6 is 12.4 Å². The fourth-order valence-corrected chi connectivity index (χ4v) is 1.78. The third-order valence-corrected chi connectivity index (χ3v) is 2.50. The number of aromatic nitrogens is 1. The SMILES string of the molecule is Cc1cnoc1C1CCNCC1.Cl. The number of aryl methyl sites for hydroxylation is 1. The van der Waals surface area contributed by atoms with Crippen molar-refractivity contribution in [2.75, 3.05) is 13.1 Å². The van der Waals surface area contributed by atoms with Crippen LogP contribution in [0.1, 0.15) is 30.1 Å². The van der Waals surface area contributed by atoms with Gasteiger partial charge >= 0.3 is 0 Å². The molecule has 4 heteroatoms. The molecule has 1 aromatic rings. The molecule has 1 fully saturated rings. The summed E-state index contributed by atoms with van der Waals surface area (Å²) in [5, 5.41) is 7.14. The summed E-state index contributed by atoms with van der Waals surface area (Å²) in [6, 6.07) is 0. The van der Waals surface area contributed by atoms with Crippen molar-refractivity contribution in [3.8, 4) is 0 Å². The Kier molecular flexibility index (Phi) is 3.75. The normalized spacial score (nSPS) is 18.2. The van der Waals surface area contributed by atoms with Crippen LogP contribution < -0.4 is 5.32 Å². The molecule has 13 heavy (non-hydrogen) atoms. The summed E-state index contributed by atoms with van der Waals surface area (Å²) in [5.74, 6) is 1.69. The van der Waals surface area contributed by atoms with Crippen molar-refractivity contribution in [3.05, 3.63) is 17.5 Å². The van der Waals surface area contributed by atoms with Crippen LogP contribution in [0.3, 0.4) is 0 Å². The third-order valence-electron chi connectivity index (χ3n) is 2.50. The topological polar surface area (TPSA) is 38.1 Å². The quantitative estimate of drug-likeness (QED) is 0.756. The molecule has 0 unspecified atom stereocenters. The largest absolute Gasteiger partial charge is 0.361 e. The molecule has 0 amide bonds. The molecule has 2 heterocycles. The highest BCUT2D eigenvalue weighted by Crippen LogP contribution is 2.27. The second kappa shape index (κ2) is 4.63. The van der Waals surface area contributed by atoms with Crippen molar-refractivity contribution in [2.45, 2.75) is 25.7 Å². The molecule has 74 valence electrons. The molecular weight excluding hydrogens is 188 g/mol. The molecule has 1 aliphatic rings. The zero-order chi connectivity index (χ0) is 8.39. The van der Waals surface area contributed by atoms with Gasteiger partial charge < -0.3 is 9.84 Å². The van der Waals surface area contributed by atoms with E-state index < -0.39 is 0 Å². The minimum absolute atomic E-state index is 0. The molecule has 0 spiro atoms. The van der Waals surface area contributed by atoms with Gasteiger partial charge in [-0.25, -0.2) is 0 Å². The van der Waals surface area contributed by atoms with E-state index in [0.717, 1.165) is 18.8 Å². The number of hydrogen-bond donors (Lipinski definition) is 1. The highest BCUT2D eigenvalue weighted by molar-refractivity contribution is 5.85. The fourth-order valence-electron chi connectivity index (χ4n) is 1.78. The summed E-state index contributed by atoms with van der Waals surface area (Å²) in [5.41, 5.74) is 1.20. The van der Waals surface area contributed by atoms with Crippen LogP contribution in [0.25, 0.3) is 0 Å². The molecule has 0 radical (unpaired) electrons. The average molecular weight is 203 g/mol. The molecule has 3 nitrogen and oxygen atoms in total. The Hall–Kier alpha value is -0.540. The zero-order valence-electron chi connectivity index (χ0n) is 7.75. The van der Waals surface area contributed by atoms with Gasteiger partial charge in [0.15, 0.2) is 0 Å². The third kappa shape index (κ3) is 2.23. The lowest BCUT2D eigenvalue weighted by Gasteiger charge is -2.20. The molecule has 2 rings (SSSR count). The van der Waals surface area contributed by atoms with E-state index in [2.05, 4.69) is 17.4 Å². The number of nitrogens with one attached hydrogen (secondary N) is 1. The predicted octanol–water partition coefficient (Wildman–Crippen LogP) is 1.87. The highest BCUT2D eigenvalue weighted by Gasteiger charge is 2.20. The van der Waals surface area contributed by atoms with E-state index in [1.54, 1.807) is 6.20 Å². The molecule has 0 aliphatic carbocycles. The van der Waals surface area contributed by atoms with Gasteiger partial charge in [-0.2, -0.15) is 0 Å². The second-order valence-electron chi connectivity index (χ2n) is 3.40. The van der Waals surface area contributed by atoms with Gasteiger partial charge in [-0.1, -0.05) is 5.16 Å². The van der Waals surface area contributed by atoms with Gasteiger partial charge in [0.05, 0.1) is 6.20 Å². The summed E-state index contributed by atoms with van der Waals surface area (Å²) < 4.78 is 5.23. The van der Waals surface area contributed by atoms with Crippen molar-refractivity contribution in [1.29, 1.82) is 0 Å². The van der Waals surface area contributed by atoms with E-state index in [9.17, 15) is 0 Å². The molecule has 0 atom stereocenters. The lowest BCUT2D eigenvalue weighted by Crippen LogP contribution is -2.26. The lowest BCUT2D eigenvalue weighted by atomic mass is 9.94. The van der Waals surface area contributed by atoms with Crippen molar-refractivity contribution in [2.24, 2.45) is 0 Å². The average Bonchev–Trinajstić information content (AvgIpc) is 2.53. The van der Waals surface area contributed by atoms with Gasteiger partial charge in [-0.3, -0.25) is 0 Å². The van der Waals surface area contributed by atoms with E-state index in [4.69, 9.17) is 4.52 Å². The van der Waals surface area contributed by atoms with Gasteiger partial charge in [-0.15, -0.1) is 12.4 Å². The van der Waals surface area contributed by atoms with Crippen LogP contribution in [0.15, 0.2) is 10.7 Å². The van der Waals surface area contributed by atoms with Crippen molar-refractivity contribution in [3.63, 3.8) is 0 Å². The summed E-state index contributed by atoms with van der Waals surface area (Å²) in [6.45, 7) is 4.27. The Bertz CT molecular complexity index is 256. The standard InChI is InChI=1S/C9H14N2O.ClH/c1-7-6-11-12-9(7)8-2-4-10-5-3-8;/h6,8,10H,2-5H2,1H3;1H. The summed E-state index contributed by atoms with van der Waals surface area (Å²) in [7, 11) is 0.